The molecule has 1 N–H and O–H groups in total. The second kappa shape index (κ2) is 8.31. The highest BCUT2D eigenvalue weighted by atomic mass is 32.1. The molecule has 0 radical (unpaired) electrons. The smallest absolute Gasteiger partial charge is 0.274 e. The molecule has 1 saturated heterocycles. The molecule has 4 aromatic rings. The van der Waals surface area contributed by atoms with E-state index in [-0.39, 0.29) is 11.7 Å². The summed E-state index contributed by atoms with van der Waals surface area (Å²) in [7, 11) is 4.08. The van der Waals surface area contributed by atoms with Gasteiger partial charge in [-0.3, -0.25) is 14.9 Å². The van der Waals surface area contributed by atoms with Crippen LogP contribution in [0.25, 0.3) is 32.0 Å². The van der Waals surface area contributed by atoms with Gasteiger partial charge >= 0.3 is 0 Å². The minimum Gasteiger partial charge on any atom is -0.336 e. The lowest BCUT2D eigenvalue weighted by Crippen LogP contribution is -2.34. The van der Waals surface area contributed by atoms with Crippen molar-refractivity contribution in [1.82, 2.24) is 30.0 Å². The first-order chi connectivity index (χ1) is 15.8. The Bertz CT molecular complexity index is 1340. The number of benzene rings is 1. The summed E-state index contributed by atoms with van der Waals surface area (Å²) in [6.45, 7) is 5.01. The van der Waals surface area contributed by atoms with Gasteiger partial charge in [0.25, 0.3) is 5.91 Å². The first-order valence-electron chi connectivity index (χ1n) is 10.9. The molecule has 4 heterocycles. The van der Waals surface area contributed by atoms with E-state index >= 15 is 0 Å². The summed E-state index contributed by atoms with van der Waals surface area (Å²) in [5.74, 6) is -0.380. The van der Waals surface area contributed by atoms with E-state index in [0.717, 1.165) is 27.9 Å². The number of aromatic nitrogens is 4. The van der Waals surface area contributed by atoms with Crippen LogP contribution < -0.4 is 0 Å². The van der Waals surface area contributed by atoms with Gasteiger partial charge in [0.15, 0.2) is 0 Å². The van der Waals surface area contributed by atoms with Gasteiger partial charge in [-0.15, -0.1) is 11.3 Å². The van der Waals surface area contributed by atoms with Gasteiger partial charge < -0.3 is 9.80 Å². The molecule has 0 unspecified atom stereocenters. The van der Waals surface area contributed by atoms with Gasteiger partial charge in [0, 0.05) is 47.5 Å². The van der Waals surface area contributed by atoms with Crippen LogP contribution in [0.4, 0.5) is 4.39 Å². The summed E-state index contributed by atoms with van der Waals surface area (Å²) in [6, 6.07) is 7.37. The van der Waals surface area contributed by atoms with Crippen molar-refractivity contribution in [3.05, 3.63) is 53.2 Å². The van der Waals surface area contributed by atoms with Gasteiger partial charge in [0.2, 0.25) is 0 Å². The van der Waals surface area contributed by atoms with E-state index in [4.69, 9.17) is 4.98 Å². The molecule has 0 aliphatic carbocycles. The van der Waals surface area contributed by atoms with Crippen LogP contribution in [0.3, 0.4) is 0 Å². The van der Waals surface area contributed by atoms with Crippen molar-refractivity contribution in [3.8, 4) is 21.1 Å². The molecule has 1 aliphatic heterocycles. The molecule has 1 atom stereocenters. The predicted octanol–water partition coefficient (Wildman–Crippen LogP) is 4.28. The number of aromatic amines is 1. The highest BCUT2D eigenvalue weighted by Gasteiger charge is 2.32. The Morgan fingerprint density at radius 2 is 2.06 bits per heavy atom. The van der Waals surface area contributed by atoms with Crippen molar-refractivity contribution in [1.29, 1.82) is 0 Å². The maximum absolute atomic E-state index is 14.0. The van der Waals surface area contributed by atoms with Gasteiger partial charge in [0.1, 0.15) is 22.2 Å². The maximum Gasteiger partial charge on any atom is 0.274 e. The number of likely N-dealkylation sites (tertiary alicyclic amines) is 1. The number of halogens is 1. The Hall–Kier alpha value is -3.17. The first kappa shape index (κ1) is 21.7. The molecule has 170 valence electrons. The number of hydrogen-bond donors (Lipinski definition) is 1. The highest BCUT2D eigenvalue weighted by Crippen LogP contribution is 2.38. The number of likely N-dealkylation sites (N-methyl/N-ethyl adjacent to an activating group) is 1. The van der Waals surface area contributed by atoms with E-state index in [1.165, 1.54) is 17.4 Å². The number of H-pyrrole nitrogens is 1. The standard InChI is InChI=1S/C24H25FN6OS/c1-13-5-6-15(11-26-13)22-21(24(32)31-10-9-16(12-31)30(3)4)27-23(33-22)20-17-7-8-18(25)14(2)19(17)28-29-20/h5-8,11,16H,9-10,12H2,1-4H3,(H,28,29)/t16-/m1/s1. The number of amides is 1. The molecule has 0 spiro atoms. The minimum absolute atomic E-state index is 0.0801. The molecule has 33 heavy (non-hydrogen) atoms. The molecule has 9 heteroatoms. The van der Waals surface area contributed by atoms with Crippen LogP contribution in [0.1, 0.15) is 28.2 Å². The van der Waals surface area contributed by atoms with Gasteiger partial charge in [-0.05, 0) is 52.6 Å². The minimum atomic E-state index is -0.300. The molecule has 1 amide bonds. The molecular weight excluding hydrogens is 439 g/mol. The van der Waals surface area contributed by atoms with E-state index in [0.29, 0.717) is 46.6 Å². The Morgan fingerprint density at radius 3 is 2.76 bits per heavy atom. The van der Waals surface area contributed by atoms with Gasteiger partial charge in [0.05, 0.1) is 10.4 Å². The highest BCUT2D eigenvalue weighted by molar-refractivity contribution is 7.18. The molecule has 0 saturated carbocycles. The van der Waals surface area contributed by atoms with Crippen molar-refractivity contribution in [2.45, 2.75) is 26.3 Å². The quantitative estimate of drug-likeness (QED) is 0.488. The van der Waals surface area contributed by atoms with Crippen LogP contribution in [-0.4, -0.2) is 69.1 Å². The van der Waals surface area contributed by atoms with E-state index in [1.807, 2.05) is 38.1 Å². The molecule has 1 aromatic carbocycles. The number of hydrogen-bond acceptors (Lipinski definition) is 6. The van der Waals surface area contributed by atoms with E-state index < -0.39 is 0 Å². The van der Waals surface area contributed by atoms with Crippen LogP contribution in [-0.2, 0) is 0 Å². The molecule has 5 rings (SSSR count). The average Bonchev–Trinajstić information content (AvgIpc) is 3.54. The fourth-order valence-electron chi connectivity index (χ4n) is 4.22. The summed E-state index contributed by atoms with van der Waals surface area (Å²) in [5.41, 5.74) is 3.91. The molecule has 3 aromatic heterocycles. The largest absolute Gasteiger partial charge is 0.336 e. The third-order valence-electron chi connectivity index (χ3n) is 6.31. The fourth-order valence-corrected chi connectivity index (χ4v) is 5.28. The van der Waals surface area contributed by atoms with E-state index in [9.17, 15) is 9.18 Å². The average molecular weight is 465 g/mol. The number of carbonyl (C=O) groups excluding carboxylic acids is 1. The van der Waals surface area contributed by atoms with Crippen molar-refractivity contribution < 1.29 is 9.18 Å². The van der Waals surface area contributed by atoms with Crippen LogP contribution in [0.2, 0.25) is 0 Å². The fraction of sp³-hybridized carbons (Fsp3) is 0.333. The Labute approximate surface area is 195 Å². The number of rotatable bonds is 4. The number of nitrogens with one attached hydrogen (secondary N) is 1. The van der Waals surface area contributed by atoms with Crippen LogP contribution in [0.5, 0.6) is 0 Å². The molecule has 1 fully saturated rings. The number of carbonyl (C=O) groups is 1. The molecule has 0 bridgehead atoms. The number of thiazole rings is 1. The maximum atomic E-state index is 14.0. The topological polar surface area (TPSA) is 78.0 Å². The third kappa shape index (κ3) is 3.81. The van der Waals surface area contributed by atoms with Gasteiger partial charge in [-0.25, -0.2) is 9.37 Å². The molecule has 7 nitrogen and oxygen atoms in total. The van der Waals surface area contributed by atoms with Crippen LogP contribution in [0.15, 0.2) is 30.5 Å². The lowest BCUT2D eigenvalue weighted by atomic mass is 10.1. The summed E-state index contributed by atoms with van der Waals surface area (Å²) >= 11 is 1.42. The van der Waals surface area contributed by atoms with Gasteiger partial charge in [-0.2, -0.15) is 5.10 Å². The summed E-state index contributed by atoms with van der Waals surface area (Å²) in [5, 5.41) is 8.76. The number of fused-ring (bicyclic) bond motifs is 1. The Kier molecular flexibility index (Phi) is 5.46. The van der Waals surface area contributed by atoms with Crippen molar-refractivity contribution >= 4 is 28.1 Å². The number of pyridine rings is 1. The number of nitrogens with zero attached hydrogens (tertiary/aromatic N) is 5. The zero-order chi connectivity index (χ0) is 23.3. The van der Waals surface area contributed by atoms with Crippen LogP contribution in [0, 0.1) is 19.7 Å². The Morgan fingerprint density at radius 1 is 1.24 bits per heavy atom. The SMILES string of the molecule is Cc1ccc(-c2sc(-c3[nH]nc4c(C)c(F)ccc34)nc2C(=O)N2CC[C@@H](N(C)C)C2)cn1. The van der Waals surface area contributed by atoms with Crippen molar-refractivity contribution in [3.63, 3.8) is 0 Å². The van der Waals surface area contributed by atoms with Crippen LogP contribution >= 0.6 is 11.3 Å². The zero-order valence-electron chi connectivity index (χ0n) is 19.0. The van der Waals surface area contributed by atoms with Crippen molar-refractivity contribution in [2.75, 3.05) is 27.2 Å². The molecule has 1 aliphatic rings. The van der Waals surface area contributed by atoms with Gasteiger partial charge in [-0.1, -0.05) is 6.07 Å². The second-order valence-corrected chi connectivity index (χ2v) is 9.71. The summed E-state index contributed by atoms with van der Waals surface area (Å²) < 4.78 is 14.0. The first-order valence-corrected chi connectivity index (χ1v) is 11.7. The predicted molar refractivity (Wildman–Crippen MR) is 128 cm³/mol. The second-order valence-electron chi connectivity index (χ2n) is 8.71. The number of aryl methyl sites for hydroxylation is 2. The normalized spacial score (nSPS) is 16.3. The van der Waals surface area contributed by atoms with E-state index in [2.05, 4.69) is 20.1 Å². The third-order valence-corrected chi connectivity index (χ3v) is 7.43. The summed E-state index contributed by atoms with van der Waals surface area (Å²) in [4.78, 5) is 27.6. The monoisotopic (exact) mass is 464 g/mol. The summed E-state index contributed by atoms with van der Waals surface area (Å²) in [6.07, 6.45) is 2.72. The van der Waals surface area contributed by atoms with Crippen molar-refractivity contribution in [2.24, 2.45) is 0 Å². The lowest BCUT2D eigenvalue weighted by Gasteiger charge is -2.20. The lowest BCUT2D eigenvalue weighted by molar-refractivity contribution is 0.0779. The Balaban J connectivity index is 1.61. The van der Waals surface area contributed by atoms with E-state index in [1.54, 1.807) is 19.2 Å². The zero-order valence-corrected chi connectivity index (χ0v) is 19.8. The molecular formula is C24H25FN6OS.